The molecule has 0 aromatic heterocycles. The van der Waals surface area contributed by atoms with Gasteiger partial charge in [-0.3, -0.25) is 0 Å². The minimum Gasteiger partial charge on any atom is -0.371 e. The van der Waals surface area contributed by atoms with E-state index in [1.807, 2.05) is 23.1 Å². The Kier molecular flexibility index (Phi) is 10.3. The first kappa shape index (κ1) is 26.3. The Morgan fingerprint density at radius 3 is 2.64 bits per heavy atom. The molecular formula is C27H44ClN3O2. The van der Waals surface area contributed by atoms with Gasteiger partial charge in [0.1, 0.15) is 0 Å². The van der Waals surface area contributed by atoms with E-state index in [2.05, 4.69) is 32.2 Å². The van der Waals surface area contributed by atoms with Crippen LogP contribution in [0.3, 0.4) is 0 Å². The lowest BCUT2D eigenvalue weighted by Gasteiger charge is -2.39. The number of nitrogens with one attached hydrogen (secondary N) is 1. The van der Waals surface area contributed by atoms with Crippen molar-refractivity contribution in [2.45, 2.75) is 103 Å². The standard InChI is InChI=1S/C27H44ClN3O2/c1-4-24(29)25(16-20-10-6-5-7-11-20)30-27(32)31-15-9-13-22(18-31)26(33-19(2)3)21-12-8-14-23(28)17-21/h8,12,14,17,19-20,22,24-26H,4-7,9-11,13,15-16,18,29H2,1-3H3,(H,30,32)/t22-,24-,25+,26?/m1/s1. The van der Waals surface area contributed by atoms with Gasteiger partial charge in [0.2, 0.25) is 0 Å². The van der Waals surface area contributed by atoms with E-state index in [4.69, 9.17) is 22.1 Å². The molecule has 5 nitrogen and oxygen atoms in total. The number of piperidine rings is 1. The summed E-state index contributed by atoms with van der Waals surface area (Å²) in [5.74, 6) is 0.921. The second-order valence-corrected chi connectivity index (χ2v) is 10.8. The smallest absolute Gasteiger partial charge is 0.317 e. The molecule has 1 aliphatic heterocycles. The molecule has 2 fully saturated rings. The first-order valence-corrected chi connectivity index (χ1v) is 13.5. The van der Waals surface area contributed by atoms with Crippen molar-refractivity contribution in [3.63, 3.8) is 0 Å². The van der Waals surface area contributed by atoms with Gasteiger partial charge in [-0.15, -0.1) is 0 Å². The number of carbonyl (C=O) groups excluding carboxylic acids is 1. The highest BCUT2D eigenvalue weighted by molar-refractivity contribution is 6.30. The van der Waals surface area contributed by atoms with Crippen molar-refractivity contribution in [3.05, 3.63) is 34.9 Å². The minimum absolute atomic E-state index is 0.0000487. The summed E-state index contributed by atoms with van der Waals surface area (Å²) in [6, 6.07) is 8.01. The Bertz CT molecular complexity index is 738. The highest BCUT2D eigenvalue weighted by Gasteiger charge is 2.33. The minimum atomic E-state index is -0.0739. The number of halogens is 1. The number of benzene rings is 1. The van der Waals surface area contributed by atoms with Crippen molar-refractivity contribution in [2.24, 2.45) is 17.6 Å². The maximum atomic E-state index is 13.3. The van der Waals surface area contributed by atoms with Crippen LogP contribution in [0.4, 0.5) is 4.79 Å². The predicted molar refractivity (Wildman–Crippen MR) is 136 cm³/mol. The Morgan fingerprint density at radius 2 is 1.97 bits per heavy atom. The highest BCUT2D eigenvalue weighted by Crippen LogP contribution is 2.35. The molecule has 186 valence electrons. The Hall–Kier alpha value is -1.30. The molecule has 1 heterocycles. The third kappa shape index (κ3) is 7.87. The third-order valence-corrected chi connectivity index (χ3v) is 7.61. The van der Waals surface area contributed by atoms with E-state index in [9.17, 15) is 4.79 Å². The summed E-state index contributed by atoms with van der Waals surface area (Å²) in [7, 11) is 0. The predicted octanol–water partition coefficient (Wildman–Crippen LogP) is 6.30. The van der Waals surface area contributed by atoms with Gasteiger partial charge < -0.3 is 20.7 Å². The maximum Gasteiger partial charge on any atom is 0.317 e. The zero-order valence-corrected chi connectivity index (χ0v) is 21.5. The lowest BCUT2D eigenvalue weighted by atomic mass is 9.83. The molecule has 33 heavy (non-hydrogen) atoms. The lowest BCUT2D eigenvalue weighted by Crippen LogP contribution is -2.54. The largest absolute Gasteiger partial charge is 0.371 e. The monoisotopic (exact) mass is 477 g/mol. The van der Waals surface area contributed by atoms with Gasteiger partial charge in [-0.05, 0) is 63.1 Å². The molecule has 1 saturated heterocycles. The van der Waals surface area contributed by atoms with Crippen LogP contribution < -0.4 is 11.1 Å². The SMILES string of the molecule is CC[C@@H](N)[C@H](CC1CCCCC1)NC(=O)N1CCC[C@@H](C(OC(C)C)c2cccc(Cl)c2)C1. The van der Waals surface area contributed by atoms with Crippen molar-refractivity contribution in [2.75, 3.05) is 13.1 Å². The third-order valence-electron chi connectivity index (χ3n) is 7.38. The molecule has 6 heteroatoms. The molecule has 2 amide bonds. The molecule has 1 aliphatic carbocycles. The van der Waals surface area contributed by atoms with Crippen LogP contribution in [0, 0.1) is 11.8 Å². The maximum absolute atomic E-state index is 13.3. The Labute approximate surface area is 205 Å². The number of likely N-dealkylation sites (tertiary alicyclic amines) is 1. The summed E-state index contributed by atoms with van der Waals surface area (Å²) >= 11 is 6.28. The van der Waals surface area contributed by atoms with Crippen LogP contribution >= 0.6 is 11.6 Å². The van der Waals surface area contributed by atoms with Crippen molar-refractivity contribution < 1.29 is 9.53 Å². The molecule has 4 atom stereocenters. The van der Waals surface area contributed by atoms with Crippen molar-refractivity contribution >= 4 is 17.6 Å². The van der Waals surface area contributed by atoms with Gasteiger partial charge in [-0.2, -0.15) is 0 Å². The second-order valence-electron chi connectivity index (χ2n) is 10.4. The van der Waals surface area contributed by atoms with Crippen molar-refractivity contribution in [3.8, 4) is 0 Å². The fourth-order valence-corrected chi connectivity index (χ4v) is 5.74. The van der Waals surface area contributed by atoms with Crippen LogP contribution in [0.1, 0.15) is 90.2 Å². The number of urea groups is 1. The van der Waals surface area contributed by atoms with E-state index in [1.54, 1.807) is 0 Å². The van der Waals surface area contributed by atoms with E-state index < -0.39 is 0 Å². The van der Waals surface area contributed by atoms with Crippen molar-refractivity contribution in [1.82, 2.24) is 10.2 Å². The number of nitrogens with zero attached hydrogens (tertiary/aromatic N) is 1. The van der Waals surface area contributed by atoms with Gasteiger partial charge >= 0.3 is 6.03 Å². The number of ether oxygens (including phenoxy) is 1. The van der Waals surface area contributed by atoms with Gasteiger partial charge in [-0.25, -0.2) is 4.79 Å². The summed E-state index contributed by atoms with van der Waals surface area (Å²) in [5, 5.41) is 4.05. The molecule has 1 unspecified atom stereocenters. The van der Waals surface area contributed by atoms with Crippen molar-refractivity contribution in [1.29, 1.82) is 0 Å². The number of hydrogen-bond acceptors (Lipinski definition) is 3. The first-order valence-electron chi connectivity index (χ1n) is 13.1. The zero-order chi connectivity index (χ0) is 23.8. The summed E-state index contributed by atoms with van der Waals surface area (Å²) in [6.45, 7) is 7.71. The summed E-state index contributed by atoms with van der Waals surface area (Å²) in [5.41, 5.74) is 7.56. The second kappa shape index (κ2) is 13.0. The van der Waals surface area contributed by atoms with Gasteiger partial charge in [-0.1, -0.05) is 62.8 Å². The van der Waals surface area contributed by atoms with Crippen LogP contribution in [0.15, 0.2) is 24.3 Å². The molecule has 3 N–H and O–H groups in total. The molecule has 0 spiro atoms. The van der Waals surface area contributed by atoms with E-state index in [-0.39, 0.29) is 36.2 Å². The van der Waals surface area contributed by atoms with Crippen LogP contribution in [0.2, 0.25) is 5.02 Å². The molecular weight excluding hydrogens is 434 g/mol. The van der Waals surface area contributed by atoms with E-state index in [0.717, 1.165) is 42.8 Å². The zero-order valence-electron chi connectivity index (χ0n) is 20.8. The van der Waals surface area contributed by atoms with Gasteiger partial charge in [0.05, 0.1) is 12.2 Å². The van der Waals surface area contributed by atoms with Gasteiger partial charge in [0.25, 0.3) is 0 Å². The fourth-order valence-electron chi connectivity index (χ4n) is 5.54. The molecule has 0 radical (unpaired) electrons. The Balaban J connectivity index is 1.67. The van der Waals surface area contributed by atoms with Crippen LogP contribution in [0.25, 0.3) is 0 Å². The van der Waals surface area contributed by atoms with E-state index in [0.29, 0.717) is 12.5 Å². The summed E-state index contributed by atoms with van der Waals surface area (Å²) in [4.78, 5) is 15.3. The highest BCUT2D eigenvalue weighted by atomic mass is 35.5. The number of hydrogen-bond donors (Lipinski definition) is 2. The summed E-state index contributed by atoms with van der Waals surface area (Å²) < 4.78 is 6.36. The molecule has 1 aromatic carbocycles. The molecule has 2 aliphatic rings. The number of nitrogens with two attached hydrogens (primary N) is 1. The number of rotatable bonds is 9. The van der Waals surface area contributed by atoms with Gasteiger partial charge in [0.15, 0.2) is 0 Å². The quantitative estimate of drug-likeness (QED) is 0.438. The molecule has 0 bridgehead atoms. The van der Waals surface area contributed by atoms with Crippen LogP contribution in [0.5, 0.6) is 0 Å². The number of amides is 2. The Morgan fingerprint density at radius 1 is 1.21 bits per heavy atom. The van der Waals surface area contributed by atoms with Crippen LogP contribution in [-0.2, 0) is 4.74 Å². The number of carbonyl (C=O) groups is 1. The fraction of sp³-hybridized carbons (Fsp3) is 0.741. The topological polar surface area (TPSA) is 67.6 Å². The van der Waals surface area contributed by atoms with Gasteiger partial charge in [0, 0.05) is 36.1 Å². The average molecular weight is 478 g/mol. The van der Waals surface area contributed by atoms with E-state index in [1.165, 1.54) is 32.1 Å². The van der Waals surface area contributed by atoms with E-state index >= 15 is 0 Å². The normalized spacial score (nSPS) is 22.7. The average Bonchev–Trinajstić information content (AvgIpc) is 2.82. The lowest BCUT2D eigenvalue weighted by molar-refractivity contribution is -0.0434. The molecule has 1 saturated carbocycles. The molecule has 1 aromatic rings. The summed E-state index contributed by atoms with van der Waals surface area (Å²) in [6.07, 6.45) is 10.4. The molecule has 3 rings (SSSR count). The van der Waals surface area contributed by atoms with Crippen LogP contribution in [-0.4, -0.2) is 42.2 Å². The first-order chi connectivity index (χ1) is 15.9.